The van der Waals surface area contributed by atoms with Gasteiger partial charge in [-0.2, -0.15) is 0 Å². The zero-order valence-corrected chi connectivity index (χ0v) is 16.7. The summed E-state index contributed by atoms with van der Waals surface area (Å²) in [6.07, 6.45) is 8.74. The fourth-order valence-electron chi connectivity index (χ4n) is 3.98. The van der Waals surface area contributed by atoms with Gasteiger partial charge in [-0.1, -0.05) is 12.1 Å². The van der Waals surface area contributed by atoms with Crippen molar-refractivity contribution in [2.45, 2.75) is 51.3 Å². The Balaban J connectivity index is 1.19. The van der Waals surface area contributed by atoms with Crippen LogP contribution in [0.5, 0.6) is 0 Å². The van der Waals surface area contributed by atoms with Crippen LogP contribution in [0.1, 0.15) is 36.8 Å². The van der Waals surface area contributed by atoms with Crippen molar-refractivity contribution in [2.75, 3.05) is 36.5 Å². The molecule has 0 bridgehead atoms. The van der Waals surface area contributed by atoms with Crippen LogP contribution in [0.3, 0.4) is 0 Å². The third kappa shape index (κ3) is 5.20. The molecule has 4 rings (SSSR count). The standard InChI is InChI=1S/C22H31N5O/c1-17-4-2-5-20(12-17)27-9-7-19(8-10-27)23-13-18-14-24-22(25-15-18)26-16-21-6-3-11-28-21/h2,4-5,12,14-15,19,21,23H,3,6-11,13,16H2,1H3,(H,24,25,26). The number of anilines is 2. The van der Waals surface area contributed by atoms with Gasteiger partial charge < -0.3 is 20.3 Å². The SMILES string of the molecule is Cc1cccc(N2CCC(NCc3cnc(NCC4CCCO4)nc3)CC2)c1. The second-order valence-electron chi connectivity index (χ2n) is 7.91. The Morgan fingerprint density at radius 1 is 1.14 bits per heavy atom. The van der Waals surface area contributed by atoms with Gasteiger partial charge in [0.1, 0.15) is 0 Å². The van der Waals surface area contributed by atoms with Crippen LogP contribution in [0.25, 0.3) is 0 Å². The predicted molar refractivity (Wildman–Crippen MR) is 113 cm³/mol. The molecule has 0 saturated carbocycles. The molecule has 3 heterocycles. The molecule has 150 valence electrons. The fourth-order valence-corrected chi connectivity index (χ4v) is 3.98. The normalized spacial score (nSPS) is 20.5. The van der Waals surface area contributed by atoms with Crippen molar-refractivity contribution in [3.63, 3.8) is 0 Å². The monoisotopic (exact) mass is 381 g/mol. The van der Waals surface area contributed by atoms with Gasteiger partial charge in [-0.25, -0.2) is 9.97 Å². The van der Waals surface area contributed by atoms with E-state index in [0.717, 1.165) is 64.0 Å². The van der Waals surface area contributed by atoms with E-state index in [1.807, 2.05) is 12.4 Å². The van der Waals surface area contributed by atoms with E-state index >= 15 is 0 Å². The number of hydrogen-bond donors (Lipinski definition) is 2. The minimum absolute atomic E-state index is 0.301. The van der Waals surface area contributed by atoms with Gasteiger partial charge >= 0.3 is 0 Å². The molecule has 1 unspecified atom stereocenters. The molecule has 2 N–H and O–H groups in total. The minimum Gasteiger partial charge on any atom is -0.376 e. The highest BCUT2D eigenvalue weighted by molar-refractivity contribution is 5.48. The smallest absolute Gasteiger partial charge is 0.222 e. The number of ether oxygens (including phenoxy) is 1. The van der Waals surface area contributed by atoms with Gasteiger partial charge in [0.2, 0.25) is 5.95 Å². The molecule has 2 aliphatic rings. The Morgan fingerprint density at radius 3 is 2.68 bits per heavy atom. The summed E-state index contributed by atoms with van der Waals surface area (Å²) in [5.41, 5.74) is 3.80. The van der Waals surface area contributed by atoms with Crippen LogP contribution in [0.4, 0.5) is 11.6 Å². The summed E-state index contributed by atoms with van der Waals surface area (Å²) < 4.78 is 5.61. The second-order valence-corrected chi connectivity index (χ2v) is 7.91. The summed E-state index contributed by atoms with van der Waals surface area (Å²) in [5, 5.41) is 6.94. The van der Waals surface area contributed by atoms with Gasteiger partial charge in [0.25, 0.3) is 0 Å². The Bertz CT molecular complexity index is 737. The molecular formula is C22H31N5O. The molecule has 6 nitrogen and oxygen atoms in total. The molecule has 6 heteroatoms. The van der Waals surface area contributed by atoms with Crippen LogP contribution in [0.2, 0.25) is 0 Å². The lowest BCUT2D eigenvalue weighted by molar-refractivity contribution is 0.120. The molecule has 0 radical (unpaired) electrons. The number of nitrogens with one attached hydrogen (secondary N) is 2. The molecule has 1 aromatic heterocycles. The third-order valence-electron chi connectivity index (χ3n) is 5.67. The average molecular weight is 382 g/mol. The molecule has 0 amide bonds. The molecule has 1 atom stereocenters. The summed E-state index contributed by atoms with van der Waals surface area (Å²) >= 11 is 0. The molecule has 2 aromatic rings. The quantitative estimate of drug-likeness (QED) is 0.768. The average Bonchev–Trinajstić information content (AvgIpc) is 3.26. The van der Waals surface area contributed by atoms with Crippen molar-refractivity contribution in [3.8, 4) is 0 Å². The van der Waals surface area contributed by atoms with E-state index in [9.17, 15) is 0 Å². The topological polar surface area (TPSA) is 62.3 Å². The summed E-state index contributed by atoms with van der Waals surface area (Å²) in [5.74, 6) is 0.686. The van der Waals surface area contributed by atoms with Gasteiger partial charge in [-0.15, -0.1) is 0 Å². The van der Waals surface area contributed by atoms with Crippen LogP contribution in [0.15, 0.2) is 36.7 Å². The van der Waals surface area contributed by atoms with E-state index in [1.54, 1.807) is 0 Å². The summed E-state index contributed by atoms with van der Waals surface area (Å²) in [4.78, 5) is 11.4. The highest BCUT2D eigenvalue weighted by Crippen LogP contribution is 2.21. The fraction of sp³-hybridized carbons (Fsp3) is 0.545. The maximum Gasteiger partial charge on any atom is 0.222 e. The number of rotatable bonds is 7. The van der Waals surface area contributed by atoms with Crippen LogP contribution < -0.4 is 15.5 Å². The van der Waals surface area contributed by atoms with E-state index in [1.165, 1.54) is 11.3 Å². The van der Waals surface area contributed by atoms with Crippen molar-refractivity contribution in [1.29, 1.82) is 0 Å². The van der Waals surface area contributed by atoms with Gasteiger partial charge in [0.15, 0.2) is 0 Å². The van der Waals surface area contributed by atoms with E-state index in [2.05, 4.69) is 56.7 Å². The number of aryl methyl sites for hydroxylation is 1. The lowest BCUT2D eigenvalue weighted by Crippen LogP contribution is -2.42. The van der Waals surface area contributed by atoms with E-state index in [4.69, 9.17) is 4.74 Å². The van der Waals surface area contributed by atoms with Crippen LogP contribution >= 0.6 is 0 Å². The van der Waals surface area contributed by atoms with Gasteiger partial charge in [0.05, 0.1) is 6.10 Å². The first-order chi connectivity index (χ1) is 13.8. The number of piperidine rings is 1. The Labute approximate surface area is 167 Å². The van der Waals surface area contributed by atoms with Crippen molar-refractivity contribution in [2.24, 2.45) is 0 Å². The molecular weight excluding hydrogens is 350 g/mol. The molecule has 1 aromatic carbocycles. The molecule has 2 saturated heterocycles. The zero-order valence-electron chi connectivity index (χ0n) is 16.7. The Morgan fingerprint density at radius 2 is 1.96 bits per heavy atom. The lowest BCUT2D eigenvalue weighted by atomic mass is 10.0. The van der Waals surface area contributed by atoms with E-state index in [-0.39, 0.29) is 0 Å². The predicted octanol–water partition coefficient (Wildman–Crippen LogP) is 3.13. The maximum atomic E-state index is 5.61. The third-order valence-corrected chi connectivity index (χ3v) is 5.67. The Hall–Kier alpha value is -2.18. The summed E-state index contributed by atoms with van der Waals surface area (Å²) in [6.45, 7) is 6.84. The summed E-state index contributed by atoms with van der Waals surface area (Å²) in [7, 11) is 0. The summed E-state index contributed by atoms with van der Waals surface area (Å²) in [6, 6.07) is 9.35. The van der Waals surface area contributed by atoms with Crippen molar-refractivity contribution >= 4 is 11.6 Å². The van der Waals surface area contributed by atoms with Crippen LogP contribution in [-0.4, -0.2) is 48.4 Å². The number of benzene rings is 1. The lowest BCUT2D eigenvalue weighted by Gasteiger charge is -2.34. The Kier molecular flexibility index (Phi) is 6.39. The number of hydrogen-bond acceptors (Lipinski definition) is 6. The van der Waals surface area contributed by atoms with Crippen LogP contribution in [0, 0.1) is 6.92 Å². The van der Waals surface area contributed by atoms with Crippen molar-refractivity contribution in [1.82, 2.24) is 15.3 Å². The van der Waals surface area contributed by atoms with E-state index < -0.39 is 0 Å². The van der Waals surface area contributed by atoms with Gasteiger partial charge in [-0.05, 0) is 50.3 Å². The van der Waals surface area contributed by atoms with E-state index in [0.29, 0.717) is 18.1 Å². The zero-order chi connectivity index (χ0) is 19.2. The first-order valence-electron chi connectivity index (χ1n) is 10.5. The maximum absolute atomic E-state index is 5.61. The highest BCUT2D eigenvalue weighted by Gasteiger charge is 2.19. The molecule has 2 fully saturated rings. The number of aromatic nitrogens is 2. The van der Waals surface area contributed by atoms with Crippen molar-refractivity contribution < 1.29 is 4.74 Å². The molecule has 28 heavy (non-hydrogen) atoms. The molecule has 2 aliphatic heterocycles. The van der Waals surface area contributed by atoms with Crippen molar-refractivity contribution in [3.05, 3.63) is 47.8 Å². The van der Waals surface area contributed by atoms with Gasteiger partial charge in [-0.3, -0.25) is 0 Å². The first kappa shape index (κ1) is 19.2. The first-order valence-corrected chi connectivity index (χ1v) is 10.5. The molecule has 0 aliphatic carbocycles. The largest absolute Gasteiger partial charge is 0.376 e. The minimum atomic E-state index is 0.301. The van der Waals surface area contributed by atoms with Gasteiger partial charge in [0, 0.05) is 62.5 Å². The second kappa shape index (κ2) is 9.34. The number of nitrogens with zero attached hydrogens (tertiary/aromatic N) is 3. The highest BCUT2D eigenvalue weighted by atomic mass is 16.5. The van der Waals surface area contributed by atoms with Crippen LogP contribution in [-0.2, 0) is 11.3 Å². The molecule has 0 spiro atoms.